The van der Waals surface area contributed by atoms with Gasteiger partial charge in [-0.1, -0.05) is 6.07 Å². The van der Waals surface area contributed by atoms with Crippen molar-refractivity contribution >= 4 is 33.3 Å². The van der Waals surface area contributed by atoms with Crippen molar-refractivity contribution < 1.29 is 28.2 Å². The Balaban J connectivity index is 0.000000304. The molecule has 0 aliphatic carbocycles. The zero-order valence-electron chi connectivity index (χ0n) is 8.31. The number of thiophene rings is 1. The van der Waals surface area contributed by atoms with Crippen LogP contribution in [0, 0.1) is 0 Å². The molecule has 0 saturated carbocycles. The molecule has 0 fully saturated rings. The molecule has 0 radical (unpaired) electrons. The normalized spacial score (nSPS) is 10.6. The van der Waals surface area contributed by atoms with E-state index in [2.05, 4.69) is 0 Å². The van der Waals surface area contributed by atoms with E-state index in [9.17, 15) is 18.0 Å². The van der Waals surface area contributed by atoms with Gasteiger partial charge in [-0.25, -0.2) is 23.1 Å². The van der Waals surface area contributed by atoms with Gasteiger partial charge in [0.2, 0.25) is 10.0 Å². The molecule has 1 heterocycles. The van der Waals surface area contributed by atoms with Crippen LogP contribution in [0.2, 0.25) is 0 Å². The van der Waals surface area contributed by atoms with Crippen LogP contribution in [0.4, 0.5) is 0 Å². The van der Waals surface area contributed by atoms with E-state index in [1.165, 1.54) is 6.07 Å². The Labute approximate surface area is 101 Å². The third-order valence-corrected chi connectivity index (χ3v) is 3.49. The SMILES string of the molecule is NS(=O)(=O)c1cccs1.O=C(O)/C=C\C(=O)O. The van der Waals surface area contributed by atoms with Crippen LogP contribution in [0.25, 0.3) is 0 Å². The largest absolute Gasteiger partial charge is 0.478 e. The molecular weight excluding hydrogens is 270 g/mol. The van der Waals surface area contributed by atoms with E-state index in [0.717, 1.165) is 11.3 Å². The van der Waals surface area contributed by atoms with Crippen LogP contribution in [-0.4, -0.2) is 30.6 Å². The molecule has 17 heavy (non-hydrogen) atoms. The monoisotopic (exact) mass is 279 g/mol. The van der Waals surface area contributed by atoms with Crippen LogP contribution < -0.4 is 5.14 Å². The second-order valence-electron chi connectivity index (χ2n) is 2.49. The second-order valence-corrected chi connectivity index (χ2v) is 5.22. The molecule has 0 bridgehead atoms. The summed E-state index contributed by atoms with van der Waals surface area (Å²) in [5.41, 5.74) is 0. The summed E-state index contributed by atoms with van der Waals surface area (Å²) in [6.07, 6.45) is 1.12. The van der Waals surface area contributed by atoms with E-state index in [-0.39, 0.29) is 4.21 Å². The van der Waals surface area contributed by atoms with Gasteiger partial charge in [0.15, 0.2) is 0 Å². The fourth-order valence-corrected chi connectivity index (χ4v) is 1.99. The summed E-state index contributed by atoms with van der Waals surface area (Å²) in [5.74, 6) is -2.51. The van der Waals surface area contributed by atoms with Gasteiger partial charge in [-0.15, -0.1) is 11.3 Å². The summed E-state index contributed by atoms with van der Waals surface area (Å²) >= 11 is 1.12. The molecule has 0 saturated heterocycles. The van der Waals surface area contributed by atoms with Gasteiger partial charge in [0.05, 0.1) is 0 Å². The zero-order chi connectivity index (χ0) is 13.5. The number of nitrogens with two attached hydrogens (primary N) is 1. The van der Waals surface area contributed by atoms with Crippen molar-refractivity contribution in [3.63, 3.8) is 0 Å². The van der Waals surface area contributed by atoms with Crippen LogP contribution in [0.3, 0.4) is 0 Å². The molecule has 0 amide bonds. The van der Waals surface area contributed by atoms with Crippen LogP contribution in [0.1, 0.15) is 0 Å². The molecule has 1 aromatic heterocycles. The lowest BCUT2D eigenvalue weighted by Gasteiger charge is -1.86. The Morgan fingerprint density at radius 1 is 1.24 bits per heavy atom. The number of sulfonamides is 1. The molecule has 9 heteroatoms. The molecule has 0 atom stereocenters. The van der Waals surface area contributed by atoms with Gasteiger partial charge in [-0.3, -0.25) is 0 Å². The zero-order valence-corrected chi connectivity index (χ0v) is 9.94. The average Bonchev–Trinajstić information content (AvgIpc) is 2.67. The van der Waals surface area contributed by atoms with Crippen LogP contribution in [-0.2, 0) is 19.6 Å². The maximum absolute atomic E-state index is 10.5. The number of aliphatic carboxylic acids is 2. The highest BCUT2D eigenvalue weighted by molar-refractivity contribution is 7.91. The maximum Gasteiger partial charge on any atom is 0.328 e. The number of carbonyl (C=O) groups is 2. The van der Waals surface area contributed by atoms with Crippen molar-refractivity contribution in [2.24, 2.45) is 5.14 Å². The Bertz CT molecular complexity index is 486. The molecule has 4 N–H and O–H groups in total. The van der Waals surface area contributed by atoms with E-state index in [4.69, 9.17) is 15.4 Å². The lowest BCUT2D eigenvalue weighted by atomic mass is 10.5. The number of hydrogen-bond acceptors (Lipinski definition) is 5. The number of primary sulfonamides is 1. The first-order valence-electron chi connectivity index (χ1n) is 3.93. The van der Waals surface area contributed by atoms with E-state index in [1.807, 2.05) is 0 Å². The summed E-state index contributed by atoms with van der Waals surface area (Å²) in [6, 6.07) is 3.12. The molecule has 0 aliphatic rings. The van der Waals surface area contributed by atoms with Crippen molar-refractivity contribution in [3.8, 4) is 0 Å². The fourth-order valence-electron chi connectivity index (χ4n) is 0.568. The number of hydrogen-bond donors (Lipinski definition) is 3. The van der Waals surface area contributed by atoms with Crippen molar-refractivity contribution in [1.82, 2.24) is 0 Å². The molecule has 94 valence electrons. The van der Waals surface area contributed by atoms with Crippen LogP contribution >= 0.6 is 11.3 Å². The van der Waals surface area contributed by atoms with Gasteiger partial charge in [0, 0.05) is 12.2 Å². The highest BCUT2D eigenvalue weighted by Gasteiger charge is 2.06. The van der Waals surface area contributed by atoms with Crippen LogP contribution in [0.15, 0.2) is 33.9 Å². The summed E-state index contributed by atoms with van der Waals surface area (Å²) in [6.45, 7) is 0. The Morgan fingerprint density at radius 2 is 1.71 bits per heavy atom. The van der Waals surface area contributed by atoms with Gasteiger partial charge in [0.25, 0.3) is 0 Å². The minimum absolute atomic E-state index is 0.211. The molecule has 0 aliphatic heterocycles. The molecular formula is C8H9NO6S2. The Kier molecular flexibility index (Phi) is 6.10. The van der Waals surface area contributed by atoms with Crippen molar-refractivity contribution in [1.29, 1.82) is 0 Å². The Morgan fingerprint density at radius 3 is 1.88 bits per heavy atom. The predicted molar refractivity (Wildman–Crippen MR) is 60.1 cm³/mol. The lowest BCUT2D eigenvalue weighted by Crippen LogP contribution is -2.09. The highest BCUT2D eigenvalue weighted by Crippen LogP contribution is 2.12. The summed E-state index contributed by atoms with van der Waals surface area (Å²) in [7, 11) is -3.44. The van der Waals surface area contributed by atoms with Crippen molar-refractivity contribution in [2.45, 2.75) is 4.21 Å². The minimum atomic E-state index is -3.44. The first kappa shape index (κ1) is 15.3. The topological polar surface area (TPSA) is 135 Å². The first-order valence-corrected chi connectivity index (χ1v) is 6.36. The number of carboxylic acids is 2. The molecule has 0 spiro atoms. The number of carboxylic acid groups (broad SMARTS) is 2. The summed E-state index contributed by atoms with van der Waals surface area (Å²) in [4.78, 5) is 19.1. The summed E-state index contributed by atoms with van der Waals surface area (Å²) < 4.78 is 21.2. The van der Waals surface area contributed by atoms with Gasteiger partial charge in [-0.2, -0.15) is 0 Å². The van der Waals surface area contributed by atoms with Gasteiger partial charge in [0.1, 0.15) is 4.21 Å². The van der Waals surface area contributed by atoms with E-state index >= 15 is 0 Å². The summed E-state index contributed by atoms with van der Waals surface area (Å²) in [5, 5.41) is 22.1. The van der Waals surface area contributed by atoms with Crippen molar-refractivity contribution in [2.75, 3.05) is 0 Å². The number of rotatable bonds is 3. The highest BCUT2D eigenvalue weighted by atomic mass is 32.2. The molecule has 1 aromatic rings. The van der Waals surface area contributed by atoms with E-state index in [1.54, 1.807) is 11.4 Å². The molecule has 7 nitrogen and oxygen atoms in total. The third-order valence-electron chi connectivity index (χ3n) is 1.14. The average molecular weight is 279 g/mol. The van der Waals surface area contributed by atoms with Crippen molar-refractivity contribution in [3.05, 3.63) is 29.7 Å². The predicted octanol–water partition coefficient (Wildman–Crippen LogP) is 0.107. The van der Waals surface area contributed by atoms with E-state index < -0.39 is 22.0 Å². The van der Waals surface area contributed by atoms with Gasteiger partial charge < -0.3 is 10.2 Å². The minimum Gasteiger partial charge on any atom is -0.478 e. The molecule has 0 unspecified atom stereocenters. The van der Waals surface area contributed by atoms with Crippen LogP contribution in [0.5, 0.6) is 0 Å². The van der Waals surface area contributed by atoms with E-state index in [0.29, 0.717) is 12.2 Å². The first-order chi connectivity index (χ1) is 7.73. The molecule has 0 aromatic carbocycles. The third kappa shape index (κ3) is 8.13. The fraction of sp³-hybridized carbons (Fsp3) is 0. The van der Waals surface area contributed by atoms with Gasteiger partial charge in [-0.05, 0) is 11.4 Å². The quantitative estimate of drug-likeness (QED) is 0.672. The smallest absolute Gasteiger partial charge is 0.328 e. The lowest BCUT2D eigenvalue weighted by molar-refractivity contribution is -0.134. The standard InChI is InChI=1S/C4H5NO2S2.C4H4O4/c5-9(6,7)4-2-1-3-8-4;5-3(6)1-2-4(7)8/h1-3H,(H2,5,6,7);1-2H,(H,5,6)(H,7,8)/b;2-1-. The molecule has 1 rings (SSSR count). The second kappa shape index (κ2) is 6.78. The maximum atomic E-state index is 10.5. The Hall–Kier alpha value is -1.71. The van der Waals surface area contributed by atoms with Gasteiger partial charge >= 0.3 is 11.9 Å².